The number of rotatable bonds is 10. The van der Waals surface area contributed by atoms with Gasteiger partial charge in [-0.15, -0.1) is 6.58 Å². The van der Waals surface area contributed by atoms with Crippen LogP contribution in [0.2, 0.25) is 0 Å². The van der Waals surface area contributed by atoms with Crippen molar-refractivity contribution in [3.8, 4) is 0 Å². The second-order valence-corrected chi connectivity index (χ2v) is 6.19. The Bertz CT molecular complexity index is 838. The summed E-state index contributed by atoms with van der Waals surface area (Å²) in [6.07, 6.45) is 6.11. The highest BCUT2D eigenvalue weighted by Crippen LogP contribution is 2.23. The fraction of sp³-hybridized carbons (Fsp3) is 0.217. The fourth-order valence-corrected chi connectivity index (χ4v) is 2.99. The van der Waals surface area contributed by atoms with Gasteiger partial charge in [0.1, 0.15) is 0 Å². The Labute approximate surface area is 155 Å². The van der Waals surface area contributed by atoms with Crippen LogP contribution in [0.5, 0.6) is 0 Å². The lowest BCUT2D eigenvalue weighted by atomic mass is 10.2. The molecular formula is C23H25NO2. The van der Waals surface area contributed by atoms with Gasteiger partial charge >= 0.3 is 0 Å². The lowest BCUT2D eigenvalue weighted by molar-refractivity contribution is -0.0666. The summed E-state index contributed by atoms with van der Waals surface area (Å²) in [4.78, 5) is 0. The molecule has 134 valence electrons. The third-order valence-electron chi connectivity index (χ3n) is 4.28. The number of hydrogen-bond donors (Lipinski definition) is 0. The minimum absolute atomic E-state index is 0.0830. The number of ether oxygens (including phenoxy) is 2. The molecule has 3 aromatic rings. The SMILES string of the molecule is C=CC[C@@H](COCc1ccccc1)O[C@H](C=C)n1ccc2ccccc21. The lowest BCUT2D eigenvalue weighted by Crippen LogP contribution is -2.24. The molecule has 0 aliphatic heterocycles. The molecule has 1 heterocycles. The van der Waals surface area contributed by atoms with E-state index >= 15 is 0 Å². The number of benzene rings is 2. The Morgan fingerprint density at radius 1 is 0.962 bits per heavy atom. The zero-order chi connectivity index (χ0) is 18.2. The van der Waals surface area contributed by atoms with Gasteiger partial charge in [-0.05, 0) is 35.6 Å². The van der Waals surface area contributed by atoms with Gasteiger partial charge in [-0.3, -0.25) is 0 Å². The van der Waals surface area contributed by atoms with Gasteiger partial charge in [0.25, 0.3) is 0 Å². The van der Waals surface area contributed by atoms with E-state index in [0.717, 1.165) is 17.5 Å². The summed E-state index contributed by atoms with van der Waals surface area (Å²) in [5.74, 6) is 0. The first kappa shape index (κ1) is 18.2. The Balaban J connectivity index is 1.65. The Hall–Kier alpha value is -2.62. The number of para-hydroxylation sites is 1. The van der Waals surface area contributed by atoms with Crippen LogP contribution >= 0.6 is 0 Å². The van der Waals surface area contributed by atoms with Crippen molar-refractivity contribution in [1.82, 2.24) is 4.57 Å². The molecule has 2 atom stereocenters. The van der Waals surface area contributed by atoms with Crippen molar-refractivity contribution in [3.63, 3.8) is 0 Å². The Morgan fingerprint density at radius 3 is 2.50 bits per heavy atom. The van der Waals surface area contributed by atoms with Gasteiger partial charge in [-0.1, -0.05) is 61.2 Å². The highest BCUT2D eigenvalue weighted by atomic mass is 16.5. The third-order valence-corrected chi connectivity index (χ3v) is 4.28. The Kier molecular flexibility index (Phi) is 6.42. The van der Waals surface area contributed by atoms with E-state index in [0.29, 0.717) is 13.2 Å². The highest BCUT2D eigenvalue weighted by molar-refractivity contribution is 5.80. The molecule has 0 bridgehead atoms. The molecule has 3 nitrogen and oxygen atoms in total. The van der Waals surface area contributed by atoms with Crippen molar-refractivity contribution in [3.05, 3.63) is 97.7 Å². The van der Waals surface area contributed by atoms with Crippen LogP contribution in [-0.4, -0.2) is 17.3 Å². The summed E-state index contributed by atoms with van der Waals surface area (Å²) < 4.78 is 14.2. The predicted octanol–water partition coefficient (Wildman–Crippen LogP) is 5.50. The van der Waals surface area contributed by atoms with Gasteiger partial charge in [0.15, 0.2) is 6.23 Å². The monoisotopic (exact) mass is 347 g/mol. The first-order valence-electron chi connectivity index (χ1n) is 8.88. The molecule has 0 N–H and O–H groups in total. The highest BCUT2D eigenvalue weighted by Gasteiger charge is 2.16. The van der Waals surface area contributed by atoms with Crippen LogP contribution in [0, 0.1) is 0 Å². The molecule has 3 heteroatoms. The molecule has 0 aliphatic rings. The van der Waals surface area contributed by atoms with Crippen LogP contribution < -0.4 is 0 Å². The summed E-state index contributed by atoms with van der Waals surface area (Å²) in [7, 11) is 0. The first-order chi connectivity index (χ1) is 12.8. The summed E-state index contributed by atoms with van der Waals surface area (Å²) >= 11 is 0. The van der Waals surface area contributed by atoms with Gasteiger partial charge in [-0.2, -0.15) is 0 Å². The van der Waals surface area contributed by atoms with Crippen LogP contribution in [0.15, 0.2) is 92.2 Å². The maximum Gasteiger partial charge on any atom is 0.153 e. The minimum atomic E-state index is -0.250. The normalized spacial score (nSPS) is 13.4. The van der Waals surface area contributed by atoms with E-state index in [9.17, 15) is 0 Å². The van der Waals surface area contributed by atoms with Crippen molar-refractivity contribution >= 4 is 10.9 Å². The molecule has 0 saturated heterocycles. The van der Waals surface area contributed by atoms with Gasteiger partial charge in [0.2, 0.25) is 0 Å². The van der Waals surface area contributed by atoms with Crippen molar-refractivity contribution in [2.24, 2.45) is 0 Å². The van der Waals surface area contributed by atoms with E-state index in [1.807, 2.05) is 48.7 Å². The van der Waals surface area contributed by atoms with Crippen molar-refractivity contribution in [2.45, 2.75) is 25.4 Å². The van der Waals surface area contributed by atoms with Crippen LogP contribution in [0.4, 0.5) is 0 Å². The van der Waals surface area contributed by atoms with Gasteiger partial charge in [0, 0.05) is 6.20 Å². The van der Waals surface area contributed by atoms with E-state index < -0.39 is 0 Å². The van der Waals surface area contributed by atoms with E-state index in [-0.39, 0.29) is 12.3 Å². The summed E-state index contributed by atoms with van der Waals surface area (Å²) in [5.41, 5.74) is 2.28. The molecule has 3 rings (SSSR count). The number of hydrogen-bond acceptors (Lipinski definition) is 2. The zero-order valence-corrected chi connectivity index (χ0v) is 15.0. The summed E-state index contributed by atoms with van der Waals surface area (Å²) in [6, 6.07) is 20.5. The molecule has 0 unspecified atom stereocenters. The average molecular weight is 347 g/mol. The third kappa shape index (κ3) is 4.51. The lowest BCUT2D eigenvalue weighted by Gasteiger charge is -2.24. The van der Waals surface area contributed by atoms with E-state index in [2.05, 4.69) is 48.1 Å². The van der Waals surface area contributed by atoms with Crippen molar-refractivity contribution < 1.29 is 9.47 Å². The average Bonchev–Trinajstić information content (AvgIpc) is 3.11. The molecule has 0 amide bonds. The van der Waals surface area contributed by atoms with Crippen LogP contribution in [0.3, 0.4) is 0 Å². The van der Waals surface area contributed by atoms with Gasteiger partial charge < -0.3 is 14.0 Å². The molecule has 0 radical (unpaired) electrons. The summed E-state index contributed by atoms with van der Waals surface area (Å²) in [6.45, 7) is 8.87. The van der Waals surface area contributed by atoms with E-state index in [1.54, 1.807) is 0 Å². The second-order valence-electron chi connectivity index (χ2n) is 6.19. The smallest absolute Gasteiger partial charge is 0.153 e. The minimum Gasteiger partial charge on any atom is -0.374 e. The van der Waals surface area contributed by atoms with Crippen molar-refractivity contribution in [1.29, 1.82) is 0 Å². The number of nitrogens with zero attached hydrogens (tertiary/aromatic N) is 1. The molecular weight excluding hydrogens is 322 g/mol. The van der Waals surface area contributed by atoms with E-state index in [1.165, 1.54) is 5.39 Å². The maximum atomic E-state index is 6.28. The predicted molar refractivity (Wildman–Crippen MR) is 107 cm³/mol. The fourth-order valence-electron chi connectivity index (χ4n) is 2.99. The zero-order valence-electron chi connectivity index (χ0n) is 15.0. The topological polar surface area (TPSA) is 23.4 Å². The first-order valence-corrected chi connectivity index (χ1v) is 8.88. The Morgan fingerprint density at radius 2 is 1.73 bits per heavy atom. The van der Waals surface area contributed by atoms with Gasteiger partial charge in [0.05, 0.1) is 24.8 Å². The molecule has 0 fully saturated rings. The second kappa shape index (κ2) is 9.18. The van der Waals surface area contributed by atoms with Crippen LogP contribution in [-0.2, 0) is 16.1 Å². The number of fused-ring (bicyclic) bond motifs is 1. The molecule has 0 saturated carbocycles. The largest absolute Gasteiger partial charge is 0.374 e. The standard InChI is InChI=1S/C23H25NO2/c1-3-10-21(18-25-17-19-11-6-5-7-12-19)26-23(4-2)24-16-15-20-13-8-9-14-22(20)24/h3-9,11-16,21,23H,1-2,10,17-18H2/t21-,23+/m0/s1. The maximum absolute atomic E-state index is 6.28. The van der Waals surface area contributed by atoms with Crippen molar-refractivity contribution in [2.75, 3.05) is 6.61 Å². The van der Waals surface area contributed by atoms with E-state index in [4.69, 9.17) is 9.47 Å². The molecule has 0 aliphatic carbocycles. The van der Waals surface area contributed by atoms with Gasteiger partial charge in [-0.25, -0.2) is 0 Å². The molecule has 26 heavy (non-hydrogen) atoms. The molecule has 0 spiro atoms. The van der Waals surface area contributed by atoms with Crippen LogP contribution in [0.25, 0.3) is 10.9 Å². The van der Waals surface area contributed by atoms with Crippen LogP contribution in [0.1, 0.15) is 18.2 Å². The molecule has 1 aromatic heterocycles. The molecule has 2 aromatic carbocycles. The number of aromatic nitrogens is 1. The quantitative estimate of drug-likeness (QED) is 0.452. The summed E-state index contributed by atoms with van der Waals surface area (Å²) in [5, 5.41) is 1.18.